The van der Waals surface area contributed by atoms with Gasteiger partial charge in [0.15, 0.2) is 0 Å². The molecule has 0 bridgehead atoms. The second kappa shape index (κ2) is 5.65. The Morgan fingerprint density at radius 2 is 2.17 bits per heavy atom. The summed E-state index contributed by atoms with van der Waals surface area (Å²) in [4.78, 5) is 4.03. The lowest BCUT2D eigenvalue weighted by molar-refractivity contribution is 0.275. The summed E-state index contributed by atoms with van der Waals surface area (Å²) in [5.74, 6) is -0.0448. The van der Waals surface area contributed by atoms with Crippen molar-refractivity contribution in [3.8, 4) is 11.6 Å². The molecular formula is C12H8BrClFNO2. The number of hydrogen-bond acceptors (Lipinski definition) is 3. The van der Waals surface area contributed by atoms with E-state index in [1.807, 2.05) is 0 Å². The summed E-state index contributed by atoms with van der Waals surface area (Å²) in [6.45, 7) is -0.187. The average molecular weight is 333 g/mol. The van der Waals surface area contributed by atoms with Crippen LogP contribution in [0.15, 0.2) is 34.8 Å². The highest BCUT2D eigenvalue weighted by molar-refractivity contribution is 9.10. The van der Waals surface area contributed by atoms with E-state index in [1.54, 1.807) is 18.2 Å². The van der Waals surface area contributed by atoms with Crippen LogP contribution in [0, 0.1) is 5.82 Å². The summed E-state index contributed by atoms with van der Waals surface area (Å²) in [7, 11) is 0. The van der Waals surface area contributed by atoms with Gasteiger partial charge < -0.3 is 9.84 Å². The molecule has 0 aliphatic heterocycles. The summed E-state index contributed by atoms with van der Waals surface area (Å²) >= 11 is 8.85. The van der Waals surface area contributed by atoms with Gasteiger partial charge in [-0.1, -0.05) is 17.7 Å². The van der Waals surface area contributed by atoms with Crippen LogP contribution < -0.4 is 4.74 Å². The predicted molar refractivity (Wildman–Crippen MR) is 69.3 cm³/mol. The first-order valence-corrected chi connectivity index (χ1v) is 6.16. The van der Waals surface area contributed by atoms with E-state index in [-0.39, 0.29) is 23.3 Å². The summed E-state index contributed by atoms with van der Waals surface area (Å²) in [6.07, 6.45) is 0. The molecule has 1 aromatic carbocycles. The Hall–Kier alpha value is -1.17. The SMILES string of the molecule is OCc1cccc(Oc2cc(F)c(Cl)cc2Br)n1. The van der Waals surface area contributed by atoms with Crippen molar-refractivity contribution in [2.45, 2.75) is 6.61 Å². The quantitative estimate of drug-likeness (QED) is 0.866. The van der Waals surface area contributed by atoms with Gasteiger partial charge in [0.2, 0.25) is 5.88 Å². The molecular weight excluding hydrogens is 324 g/mol. The fraction of sp³-hybridized carbons (Fsp3) is 0.0833. The van der Waals surface area contributed by atoms with E-state index in [4.69, 9.17) is 21.4 Å². The summed E-state index contributed by atoms with van der Waals surface area (Å²) < 4.78 is 19.3. The molecule has 0 fully saturated rings. The highest BCUT2D eigenvalue weighted by Crippen LogP contribution is 2.33. The first-order chi connectivity index (χ1) is 8.60. The molecule has 2 rings (SSSR count). The normalized spacial score (nSPS) is 10.4. The smallest absolute Gasteiger partial charge is 0.219 e. The van der Waals surface area contributed by atoms with Crippen molar-refractivity contribution in [1.29, 1.82) is 0 Å². The van der Waals surface area contributed by atoms with Crippen LogP contribution in [0.3, 0.4) is 0 Å². The van der Waals surface area contributed by atoms with Crippen LogP contribution in [-0.4, -0.2) is 10.1 Å². The second-order valence-electron chi connectivity index (χ2n) is 3.42. The number of benzene rings is 1. The monoisotopic (exact) mass is 331 g/mol. The molecule has 0 spiro atoms. The molecule has 0 unspecified atom stereocenters. The maximum absolute atomic E-state index is 13.3. The number of aromatic nitrogens is 1. The molecule has 0 aliphatic carbocycles. The van der Waals surface area contributed by atoms with Gasteiger partial charge in [-0.2, -0.15) is 0 Å². The molecule has 1 N–H and O–H groups in total. The Morgan fingerprint density at radius 1 is 1.39 bits per heavy atom. The van der Waals surface area contributed by atoms with Crippen molar-refractivity contribution < 1.29 is 14.2 Å². The first kappa shape index (κ1) is 13.3. The third kappa shape index (κ3) is 2.98. The van der Waals surface area contributed by atoms with Gasteiger partial charge in [0, 0.05) is 12.1 Å². The van der Waals surface area contributed by atoms with Crippen molar-refractivity contribution in [2.75, 3.05) is 0 Å². The summed E-state index contributed by atoms with van der Waals surface area (Å²) in [5.41, 5.74) is 0.470. The molecule has 0 aliphatic rings. The molecule has 6 heteroatoms. The highest BCUT2D eigenvalue weighted by Gasteiger charge is 2.09. The Labute approximate surface area is 116 Å². The van der Waals surface area contributed by atoms with E-state index in [2.05, 4.69) is 20.9 Å². The number of pyridine rings is 1. The maximum Gasteiger partial charge on any atom is 0.219 e. The van der Waals surface area contributed by atoms with Gasteiger partial charge in [0.1, 0.15) is 11.6 Å². The number of aliphatic hydroxyl groups excluding tert-OH is 1. The van der Waals surface area contributed by atoms with Crippen LogP contribution in [-0.2, 0) is 6.61 Å². The lowest BCUT2D eigenvalue weighted by Crippen LogP contribution is -1.94. The molecule has 3 nitrogen and oxygen atoms in total. The topological polar surface area (TPSA) is 42.4 Å². The van der Waals surface area contributed by atoms with E-state index in [9.17, 15) is 4.39 Å². The Balaban J connectivity index is 2.30. The zero-order valence-corrected chi connectivity index (χ0v) is 11.4. The number of nitrogens with zero attached hydrogens (tertiary/aromatic N) is 1. The molecule has 2 aromatic rings. The van der Waals surface area contributed by atoms with Gasteiger partial charge in [0.05, 0.1) is 21.8 Å². The van der Waals surface area contributed by atoms with Crippen molar-refractivity contribution in [3.63, 3.8) is 0 Å². The zero-order valence-electron chi connectivity index (χ0n) is 9.03. The molecule has 18 heavy (non-hydrogen) atoms. The minimum Gasteiger partial charge on any atom is -0.438 e. The van der Waals surface area contributed by atoms with E-state index in [0.29, 0.717) is 10.2 Å². The van der Waals surface area contributed by atoms with Crippen LogP contribution in [0.1, 0.15) is 5.69 Å². The van der Waals surface area contributed by atoms with E-state index >= 15 is 0 Å². The van der Waals surface area contributed by atoms with Gasteiger partial charge in [-0.3, -0.25) is 0 Å². The summed E-state index contributed by atoms with van der Waals surface area (Å²) in [6, 6.07) is 7.53. The first-order valence-electron chi connectivity index (χ1n) is 4.99. The predicted octanol–water partition coefficient (Wildman–Crippen LogP) is 3.92. The lowest BCUT2D eigenvalue weighted by Gasteiger charge is -2.08. The minimum absolute atomic E-state index is 0.00583. The largest absolute Gasteiger partial charge is 0.438 e. The van der Waals surface area contributed by atoms with Gasteiger partial charge in [0.25, 0.3) is 0 Å². The highest BCUT2D eigenvalue weighted by atomic mass is 79.9. The molecule has 0 saturated carbocycles. The lowest BCUT2D eigenvalue weighted by atomic mass is 10.3. The van der Waals surface area contributed by atoms with Gasteiger partial charge in [-0.25, -0.2) is 9.37 Å². The number of hydrogen-bond donors (Lipinski definition) is 1. The van der Waals surface area contributed by atoms with Crippen LogP contribution >= 0.6 is 27.5 Å². The zero-order chi connectivity index (χ0) is 13.1. The number of halogens is 3. The van der Waals surface area contributed by atoms with E-state index < -0.39 is 5.82 Å². The van der Waals surface area contributed by atoms with Crippen LogP contribution in [0.5, 0.6) is 11.6 Å². The van der Waals surface area contributed by atoms with Gasteiger partial charge in [-0.05, 0) is 28.1 Å². The Kier molecular flexibility index (Phi) is 4.16. The van der Waals surface area contributed by atoms with Crippen LogP contribution in [0.25, 0.3) is 0 Å². The third-order valence-corrected chi connectivity index (χ3v) is 3.04. The minimum atomic E-state index is -0.576. The molecule has 0 radical (unpaired) electrons. The maximum atomic E-state index is 13.3. The van der Waals surface area contributed by atoms with Crippen molar-refractivity contribution in [3.05, 3.63) is 51.3 Å². The van der Waals surface area contributed by atoms with Crippen molar-refractivity contribution >= 4 is 27.5 Å². The Morgan fingerprint density at radius 3 is 2.89 bits per heavy atom. The van der Waals surface area contributed by atoms with E-state index in [0.717, 1.165) is 0 Å². The van der Waals surface area contributed by atoms with Gasteiger partial charge >= 0.3 is 0 Å². The standard InChI is InChI=1S/C12H8BrClFNO2/c13-8-4-9(14)10(15)5-11(8)18-12-3-1-2-7(6-17)16-12/h1-5,17H,6H2. The number of aliphatic hydroxyl groups is 1. The average Bonchev–Trinajstić information content (AvgIpc) is 2.36. The summed E-state index contributed by atoms with van der Waals surface area (Å²) in [5, 5.41) is 8.96. The van der Waals surface area contributed by atoms with Crippen LogP contribution in [0.4, 0.5) is 4.39 Å². The molecule has 0 saturated heterocycles. The van der Waals surface area contributed by atoms with Crippen LogP contribution in [0.2, 0.25) is 5.02 Å². The second-order valence-corrected chi connectivity index (χ2v) is 4.69. The molecule has 94 valence electrons. The fourth-order valence-corrected chi connectivity index (χ4v) is 2.02. The molecule has 1 heterocycles. The fourth-order valence-electron chi connectivity index (χ4n) is 1.30. The molecule has 0 atom stereocenters. The number of rotatable bonds is 3. The van der Waals surface area contributed by atoms with Crippen molar-refractivity contribution in [2.24, 2.45) is 0 Å². The molecule has 0 amide bonds. The molecule has 1 aromatic heterocycles. The van der Waals surface area contributed by atoms with Gasteiger partial charge in [-0.15, -0.1) is 0 Å². The number of ether oxygens (including phenoxy) is 1. The third-order valence-electron chi connectivity index (χ3n) is 2.13. The Bertz CT molecular complexity index is 580. The van der Waals surface area contributed by atoms with E-state index in [1.165, 1.54) is 12.1 Å². The van der Waals surface area contributed by atoms with Crippen molar-refractivity contribution in [1.82, 2.24) is 4.98 Å².